The second kappa shape index (κ2) is 13.7. The largest absolute Gasteiger partial charge is 0.490 e. The fourth-order valence-electron chi connectivity index (χ4n) is 3.37. The van der Waals surface area contributed by atoms with Gasteiger partial charge in [0.15, 0.2) is 11.5 Å². The number of hydrogen-bond acceptors (Lipinski definition) is 8. The second-order valence-electron chi connectivity index (χ2n) is 7.89. The van der Waals surface area contributed by atoms with Gasteiger partial charge < -0.3 is 19.5 Å². The molecular weight excluding hydrogens is 570 g/mol. The summed E-state index contributed by atoms with van der Waals surface area (Å²) in [5.74, 6) is -0.376. The minimum absolute atomic E-state index is 0.0416. The second-order valence-corrected chi connectivity index (χ2v) is 8.75. The molecule has 1 amide bonds. The van der Waals surface area contributed by atoms with Gasteiger partial charge in [0, 0.05) is 22.3 Å². The number of carbonyl (C=O) groups excluding carboxylic acids is 2. The highest BCUT2D eigenvalue weighted by Gasteiger charge is 2.15. The molecule has 3 rings (SSSR count). The lowest BCUT2D eigenvalue weighted by molar-refractivity contribution is -0.384. The first-order chi connectivity index (χ1) is 18.7. The van der Waals surface area contributed by atoms with Crippen LogP contribution in [0.4, 0.5) is 11.4 Å². The predicted octanol–water partition coefficient (Wildman–Crippen LogP) is 6.06. The molecule has 0 heterocycles. The van der Waals surface area contributed by atoms with Crippen LogP contribution >= 0.6 is 15.9 Å². The number of ether oxygens (including phenoxy) is 3. The van der Waals surface area contributed by atoms with Crippen LogP contribution in [-0.2, 0) is 16.1 Å². The molecule has 0 fully saturated rings. The Morgan fingerprint density at radius 1 is 1.05 bits per heavy atom. The van der Waals surface area contributed by atoms with Crippen LogP contribution in [0.25, 0.3) is 6.08 Å². The Kier molecular flexibility index (Phi) is 10.2. The Morgan fingerprint density at radius 2 is 1.77 bits per heavy atom. The van der Waals surface area contributed by atoms with Gasteiger partial charge in [0.05, 0.1) is 23.7 Å². The van der Waals surface area contributed by atoms with Gasteiger partial charge in [-0.1, -0.05) is 28.1 Å². The third-order valence-electron chi connectivity index (χ3n) is 5.20. The molecule has 0 saturated carbocycles. The van der Waals surface area contributed by atoms with Gasteiger partial charge in [-0.2, -0.15) is 5.26 Å². The summed E-state index contributed by atoms with van der Waals surface area (Å²) in [6.45, 7) is 4.14. The van der Waals surface area contributed by atoms with Gasteiger partial charge in [-0.15, -0.1) is 0 Å². The van der Waals surface area contributed by atoms with Crippen LogP contribution in [0.5, 0.6) is 11.5 Å². The van der Waals surface area contributed by atoms with E-state index in [1.165, 1.54) is 42.5 Å². The molecule has 0 spiro atoms. The van der Waals surface area contributed by atoms with Crippen molar-refractivity contribution in [3.05, 3.63) is 97.5 Å². The van der Waals surface area contributed by atoms with Crippen LogP contribution in [0.2, 0.25) is 0 Å². The summed E-state index contributed by atoms with van der Waals surface area (Å²) in [5, 5.41) is 23.3. The minimum atomic E-state index is -0.641. The molecule has 1 N–H and O–H groups in total. The molecule has 0 unspecified atom stereocenters. The first-order valence-electron chi connectivity index (χ1n) is 11.8. The topological polar surface area (TPSA) is 141 Å². The Bertz CT molecular complexity index is 1450. The molecule has 0 aromatic heterocycles. The number of amides is 1. The van der Waals surface area contributed by atoms with Gasteiger partial charge in [-0.05, 0) is 67.4 Å². The number of nitrogens with one attached hydrogen (secondary N) is 1. The summed E-state index contributed by atoms with van der Waals surface area (Å²) in [4.78, 5) is 35.1. The monoisotopic (exact) mass is 593 g/mol. The average molecular weight is 594 g/mol. The van der Waals surface area contributed by atoms with Gasteiger partial charge >= 0.3 is 5.97 Å². The number of halogens is 1. The van der Waals surface area contributed by atoms with Crippen LogP contribution in [0.1, 0.15) is 35.3 Å². The Hall–Kier alpha value is -4.69. The van der Waals surface area contributed by atoms with Crippen molar-refractivity contribution in [2.45, 2.75) is 20.5 Å². The fraction of sp³-hybridized carbons (Fsp3) is 0.179. The Balaban J connectivity index is 1.80. The molecule has 11 heteroatoms. The fourth-order valence-corrected chi connectivity index (χ4v) is 3.81. The van der Waals surface area contributed by atoms with Gasteiger partial charge in [0.1, 0.15) is 18.2 Å². The van der Waals surface area contributed by atoms with E-state index in [-0.39, 0.29) is 24.5 Å². The van der Waals surface area contributed by atoms with E-state index in [1.54, 1.807) is 38.1 Å². The maximum Gasteiger partial charge on any atom is 0.338 e. The first kappa shape index (κ1) is 28.9. The lowest BCUT2D eigenvalue weighted by atomic mass is 10.1. The molecule has 0 aliphatic carbocycles. The summed E-state index contributed by atoms with van der Waals surface area (Å²) < 4.78 is 17.0. The van der Waals surface area contributed by atoms with E-state index in [4.69, 9.17) is 14.2 Å². The smallest absolute Gasteiger partial charge is 0.338 e. The molecule has 0 bridgehead atoms. The number of nitro groups is 1. The van der Waals surface area contributed by atoms with Crippen molar-refractivity contribution in [2.24, 2.45) is 0 Å². The number of nitriles is 1. The number of carbonyl (C=O) groups is 2. The zero-order valence-corrected chi connectivity index (χ0v) is 22.7. The van der Waals surface area contributed by atoms with Crippen molar-refractivity contribution in [1.82, 2.24) is 0 Å². The molecule has 39 heavy (non-hydrogen) atoms. The van der Waals surface area contributed by atoms with Crippen LogP contribution in [-0.4, -0.2) is 30.0 Å². The van der Waals surface area contributed by atoms with E-state index in [0.29, 0.717) is 45.0 Å². The number of nitro benzene ring substituents is 1. The van der Waals surface area contributed by atoms with Gasteiger partial charge in [-0.3, -0.25) is 14.9 Å². The van der Waals surface area contributed by atoms with E-state index in [1.807, 2.05) is 6.07 Å². The number of benzene rings is 3. The van der Waals surface area contributed by atoms with Crippen molar-refractivity contribution in [1.29, 1.82) is 5.26 Å². The van der Waals surface area contributed by atoms with E-state index in [2.05, 4.69) is 21.2 Å². The third kappa shape index (κ3) is 7.90. The summed E-state index contributed by atoms with van der Waals surface area (Å²) in [6, 6.07) is 17.4. The van der Waals surface area contributed by atoms with Crippen molar-refractivity contribution in [2.75, 3.05) is 18.5 Å². The number of anilines is 1. The lowest BCUT2D eigenvalue weighted by Gasteiger charge is -2.14. The molecule has 0 aliphatic rings. The summed E-state index contributed by atoms with van der Waals surface area (Å²) in [6.07, 6.45) is 1.40. The van der Waals surface area contributed by atoms with E-state index >= 15 is 0 Å². The molecule has 0 saturated heterocycles. The van der Waals surface area contributed by atoms with Crippen LogP contribution in [0.15, 0.2) is 70.7 Å². The molecule has 3 aromatic rings. The van der Waals surface area contributed by atoms with Gasteiger partial charge in [0.25, 0.3) is 11.6 Å². The zero-order chi connectivity index (χ0) is 28.4. The summed E-state index contributed by atoms with van der Waals surface area (Å²) >= 11 is 3.44. The number of hydrogen-bond donors (Lipinski definition) is 1. The predicted molar refractivity (Wildman–Crippen MR) is 147 cm³/mol. The normalized spacial score (nSPS) is 10.8. The Labute approximate surface area is 233 Å². The highest BCUT2D eigenvalue weighted by molar-refractivity contribution is 9.10. The molecular formula is C28H24BrN3O7. The van der Waals surface area contributed by atoms with Crippen LogP contribution in [0, 0.1) is 21.4 Å². The highest BCUT2D eigenvalue weighted by atomic mass is 79.9. The van der Waals surface area contributed by atoms with Crippen molar-refractivity contribution >= 4 is 45.3 Å². The third-order valence-corrected chi connectivity index (χ3v) is 5.88. The maximum atomic E-state index is 12.8. The number of non-ortho nitro benzene ring substituents is 1. The summed E-state index contributed by atoms with van der Waals surface area (Å²) in [7, 11) is 0. The standard InChI is InChI=1S/C28H24BrN3O7/c1-3-37-25-14-20(24(29)15-26(25)39-17-18-6-5-7-23(12-18)32(35)36)13-21(16-30)27(33)31-22-10-8-19(9-11-22)28(34)38-4-2/h5-15H,3-4,17H2,1-2H3,(H,31,33)/b21-13+. The first-order valence-corrected chi connectivity index (χ1v) is 12.6. The van der Waals surface area contributed by atoms with Gasteiger partial charge in [-0.25, -0.2) is 4.79 Å². The SMILES string of the molecule is CCOC(=O)c1ccc(NC(=O)/C(C#N)=C/c2cc(OCC)c(OCc3cccc([N+](=O)[O-])c3)cc2Br)cc1. The van der Waals surface area contributed by atoms with Gasteiger partial charge in [0.2, 0.25) is 0 Å². The maximum absolute atomic E-state index is 12.8. The summed E-state index contributed by atoms with van der Waals surface area (Å²) in [5.41, 5.74) is 1.62. The number of nitrogens with zero attached hydrogens (tertiary/aromatic N) is 2. The number of rotatable bonds is 11. The zero-order valence-electron chi connectivity index (χ0n) is 21.1. The Morgan fingerprint density at radius 3 is 2.41 bits per heavy atom. The lowest BCUT2D eigenvalue weighted by Crippen LogP contribution is -2.13. The van der Waals surface area contributed by atoms with E-state index < -0.39 is 16.8 Å². The van der Waals surface area contributed by atoms with Crippen molar-refractivity contribution in [3.8, 4) is 17.6 Å². The molecule has 0 atom stereocenters. The highest BCUT2D eigenvalue weighted by Crippen LogP contribution is 2.35. The van der Waals surface area contributed by atoms with E-state index in [0.717, 1.165) is 0 Å². The molecule has 10 nitrogen and oxygen atoms in total. The van der Waals surface area contributed by atoms with Crippen molar-refractivity contribution < 1.29 is 28.7 Å². The molecule has 3 aromatic carbocycles. The van der Waals surface area contributed by atoms with Crippen molar-refractivity contribution in [3.63, 3.8) is 0 Å². The average Bonchev–Trinajstić information content (AvgIpc) is 2.93. The minimum Gasteiger partial charge on any atom is -0.490 e. The molecule has 0 radical (unpaired) electrons. The van der Waals surface area contributed by atoms with Crippen LogP contribution in [0.3, 0.4) is 0 Å². The molecule has 0 aliphatic heterocycles. The van der Waals surface area contributed by atoms with Crippen LogP contribution < -0.4 is 14.8 Å². The quantitative estimate of drug-likeness (QED) is 0.0929. The number of esters is 1. The van der Waals surface area contributed by atoms with E-state index in [9.17, 15) is 25.0 Å². The molecule has 200 valence electrons.